The summed E-state index contributed by atoms with van der Waals surface area (Å²) in [5, 5.41) is 2.65. The van der Waals surface area contributed by atoms with E-state index in [2.05, 4.69) is 5.32 Å². The number of anilines is 1. The van der Waals surface area contributed by atoms with Gasteiger partial charge in [-0.15, -0.1) is 0 Å². The second-order valence-electron chi connectivity index (χ2n) is 7.13. The van der Waals surface area contributed by atoms with Crippen molar-refractivity contribution in [1.82, 2.24) is 4.31 Å². The minimum atomic E-state index is -3.85. The van der Waals surface area contributed by atoms with E-state index in [9.17, 15) is 18.0 Å². The van der Waals surface area contributed by atoms with Gasteiger partial charge >= 0.3 is 5.97 Å². The van der Waals surface area contributed by atoms with E-state index in [0.29, 0.717) is 18.8 Å². The zero-order chi connectivity index (χ0) is 22.0. The van der Waals surface area contributed by atoms with Crippen LogP contribution < -0.4 is 10.1 Å². The maximum Gasteiger partial charge on any atom is 0.339 e. The first kappa shape index (κ1) is 21.3. The highest BCUT2D eigenvalue weighted by molar-refractivity contribution is 7.89. The molecule has 2 aliphatic rings. The maximum absolute atomic E-state index is 13.1. The van der Waals surface area contributed by atoms with Crippen molar-refractivity contribution >= 4 is 27.6 Å². The lowest BCUT2D eigenvalue weighted by Gasteiger charge is -2.27. The smallest absolute Gasteiger partial charge is 0.339 e. The number of fused-ring (bicyclic) bond motifs is 1. The Kier molecular flexibility index (Phi) is 5.94. The minimum Gasteiger partial charge on any atom is -0.495 e. The zero-order valence-electron chi connectivity index (χ0n) is 16.9. The molecule has 0 aliphatic carbocycles. The molecule has 1 N–H and O–H groups in total. The van der Waals surface area contributed by atoms with Gasteiger partial charge in [0.1, 0.15) is 10.6 Å². The molecule has 2 aromatic rings. The number of ether oxygens (including phenoxy) is 3. The quantitative estimate of drug-likeness (QED) is 0.692. The van der Waals surface area contributed by atoms with Crippen molar-refractivity contribution in [3.05, 3.63) is 53.6 Å². The van der Waals surface area contributed by atoms with Crippen LogP contribution >= 0.6 is 0 Å². The van der Waals surface area contributed by atoms with E-state index in [1.165, 1.54) is 29.6 Å². The molecule has 0 spiro atoms. The first-order chi connectivity index (χ1) is 14.9. The van der Waals surface area contributed by atoms with Gasteiger partial charge in [0.2, 0.25) is 10.0 Å². The van der Waals surface area contributed by atoms with Crippen molar-refractivity contribution in [2.24, 2.45) is 0 Å². The summed E-state index contributed by atoms with van der Waals surface area (Å²) in [4.78, 5) is 24.9. The van der Waals surface area contributed by atoms with Gasteiger partial charge in [-0.25, -0.2) is 13.2 Å². The summed E-state index contributed by atoms with van der Waals surface area (Å²) in [6.07, 6.45) is -0.771. The van der Waals surface area contributed by atoms with Gasteiger partial charge in [0.15, 0.2) is 6.10 Å². The standard InChI is InChI=1S/C21H22N2O7S/c1-28-17-7-6-15(13-19(17)31(26,27)23-8-10-29-11-9-23)22-20(24)18-12-14-4-2-3-5-16(14)21(25)30-18/h2-7,13,18H,8-12H2,1H3,(H,22,24). The van der Waals surface area contributed by atoms with Gasteiger partial charge in [-0.2, -0.15) is 4.31 Å². The number of nitrogens with one attached hydrogen (secondary N) is 1. The van der Waals surface area contributed by atoms with Gasteiger partial charge in [0.25, 0.3) is 5.91 Å². The number of carbonyl (C=O) groups excluding carboxylic acids is 2. The lowest BCUT2D eigenvalue weighted by atomic mass is 9.98. The first-order valence-electron chi connectivity index (χ1n) is 9.76. The topological polar surface area (TPSA) is 111 Å². The van der Waals surface area contributed by atoms with Gasteiger partial charge in [0, 0.05) is 25.2 Å². The molecule has 0 radical (unpaired) electrons. The van der Waals surface area contributed by atoms with E-state index in [1.807, 2.05) is 0 Å². The van der Waals surface area contributed by atoms with Crippen LogP contribution in [0.4, 0.5) is 5.69 Å². The molecule has 2 aliphatic heterocycles. The number of hydrogen-bond acceptors (Lipinski definition) is 7. The van der Waals surface area contributed by atoms with Crippen molar-refractivity contribution in [1.29, 1.82) is 0 Å². The molecule has 2 aromatic carbocycles. The lowest BCUT2D eigenvalue weighted by Crippen LogP contribution is -2.40. The molecular weight excluding hydrogens is 424 g/mol. The predicted molar refractivity (Wildman–Crippen MR) is 111 cm³/mol. The Hall–Kier alpha value is -2.95. The number of morpholine rings is 1. The Morgan fingerprint density at radius 1 is 1.16 bits per heavy atom. The largest absolute Gasteiger partial charge is 0.495 e. The third-order valence-corrected chi connectivity index (χ3v) is 7.12. The fourth-order valence-corrected chi connectivity index (χ4v) is 5.17. The fraction of sp³-hybridized carbons (Fsp3) is 0.333. The number of benzene rings is 2. The Balaban J connectivity index is 1.56. The summed E-state index contributed by atoms with van der Waals surface area (Å²) in [6.45, 7) is 1.10. The normalized spacial score (nSPS) is 19.3. The SMILES string of the molecule is COc1ccc(NC(=O)C2Cc3ccccc3C(=O)O2)cc1S(=O)(=O)N1CCOCC1. The molecule has 2 heterocycles. The molecule has 31 heavy (non-hydrogen) atoms. The van der Waals surface area contributed by atoms with E-state index in [-0.39, 0.29) is 35.8 Å². The van der Waals surface area contributed by atoms with Crippen molar-refractivity contribution < 1.29 is 32.2 Å². The third-order valence-electron chi connectivity index (χ3n) is 5.20. The highest BCUT2D eigenvalue weighted by atomic mass is 32.2. The summed E-state index contributed by atoms with van der Waals surface area (Å²) in [6, 6.07) is 11.3. The number of sulfonamides is 1. The van der Waals surface area contributed by atoms with Crippen LogP contribution in [-0.4, -0.2) is 64.1 Å². The molecule has 9 nitrogen and oxygen atoms in total. The molecular formula is C21H22N2O7S. The molecule has 1 unspecified atom stereocenters. The molecule has 0 saturated carbocycles. The van der Waals surface area contributed by atoms with Gasteiger partial charge < -0.3 is 19.5 Å². The Morgan fingerprint density at radius 3 is 2.65 bits per heavy atom. The van der Waals surface area contributed by atoms with Gasteiger partial charge in [0.05, 0.1) is 25.9 Å². The Labute approximate surface area is 179 Å². The highest BCUT2D eigenvalue weighted by Gasteiger charge is 2.32. The summed E-state index contributed by atoms with van der Waals surface area (Å²) < 4.78 is 43.2. The molecule has 10 heteroatoms. The Bertz CT molecular complexity index is 1110. The second-order valence-corrected chi connectivity index (χ2v) is 9.03. The van der Waals surface area contributed by atoms with Gasteiger partial charge in [-0.3, -0.25) is 4.79 Å². The molecule has 164 valence electrons. The third kappa shape index (κ3) is 4.27. The molecule has 1 saturated heterocycles. The summed E-state index contributed by atoms with van der Waals surface area (Å²) in [7, 11) is -2.47. The average molecular weight is 446 g/mol. The van der Waals surface area contributed by atoms with Crippen LogP contribution in [0.3, 0.4) is 0 Å². The Morgan fingerprint density at radius 2 is 1.90 bits per heavy atom. The van der Waals surface area contributed by atoms with Crippen molar-refractivity contribution in [2.75, 3.05) is 38.7 Å². The first-order valence-corrected chi connectivity index (χ1v) is 11.2. The number of methoxy groups -OCH3 is 1. The number of nitrogens with zero attached hydrogens (tertiary/aromatic N) is 1. The number of carbonyl (C=O) groups is 2. The van der Waals surface area contributed by atoms with Gasteiger partial charge in [-0.05, 0) is 29.8 Å². The maximum atomic E-state index is 13.1. The van der Waals surface area contributed by atoms with E-state index < -0.39 is 28.0 Å². The number of hydrogen-bond donors (Lipinski definition) is 1. The number of rotatable bonds is 5. The van der Waals surface area contributed by atoms with Crippen LogP contribution in [0.25, 0.3) is 0 Å². The molecule has 1 fully saturated rings. The molecule has 4 rings (SSSR count). The monoisotopic (exact) mass is 446 g/mol. The van der Waals surface area contributed by atoms with E-state index in [4.69, 9.17) is 14.2 Å². The molecule has 0 aromatic heterocycles. The fourth-order valence-electron chi connectivity index (χ4n) is 3.58. The van der Waals surface area contributed by atoms with E-state index in [0.717, 1.165) is 5.56 Å². The second kappa shape index (κ2) is 8.66. The molecule has 0 bridgehead atoms. The average Bonchev–Trinajstić information content (AvgIpc) is 2.79. The number of esters is 1. The van der Waals surface area contributed by atoms with Crippen LogP contribution in [0.2, 0.25) is 0 Å². The predicted octanol–water partition coefficient (Wildman–Crippen LogP) is 1.44. The van der Waals surface area contributed by atoms with E-state index >= 15 is 0 Å². The minimum absolute atomic E-state index is 0.0549. The van der Waals surface area contributed by atoms with Crippen molar-refractivity contribution in [3.8, 4) is 5.75 Å². The number of amides is 1. The van der Waals surface area contributed by atoms with Crippen molar-refractivity contribution in [2.45, 2.75) is 17.4 Å². The van der Waals surface area contributed by atoms with E-state index in [1.54, 1.807) is 24.3 Å². The van der Waals surface area contributed by atoms with Crippen molar-refractivity contribution in [3.63, 3.8) is 0 Å². The van der Waals surface area contributed by atoms with Crippen LogP contribution in [0.15, 0.2) is 47.4 Å². The van der Waals surface area contributed by atoms with Crippen LogP contribution in [0.1, 0.15) is 15.9 Å². The number of cyclic esters (lactones) is 1. The van der Waals surface area contributed by atoms with Gasteiger partial charge in [-0.1, -0.05) is 18.2 Å². The molecule has 1 atom stereocenters. The molecule has 1 amide bonds. The summed E-state index contributed by atoms with van der Waals surface area (Å²) >= 11 is 0. The summed E-state index contributed by atoms with van der Waals surface area (Å²) in [5.74, 6) is -0.933. The van der Waals surface area contributed by atoms with Crippen LogP contribution in [0.5, 0.6) is 5.75 Å². The van der Waals surface area contributed by atoms with Crippen LogP contribution in [-0.2, 0) is 30.7 Å². The summed E-state index contributed by atoms with van der Waals surface area (Å²) in [5.41, 5.74) is 1.42. The van der Waals surface area contributed by atoms with Crippen LogP contribution in [0, 0.1) is 0 Å². The zero-order valence-corrected chi connectivity index (χ0v) is 17.7. The lowest BCUT2D eigenvalue weighted by molar-refractivity contribution is -0.125. The highest BCUT2D eigenvalue weighted by Crippen LogP contribution is 2.30.